The molecule has 0 spiro atoms. The summed E-state index contributed by atoms with van der Waals surface area (Å²) in [7, 11) is -16.5. The van der Waals surface area contributed by atoms with E-state index >= 15 is 0 Å². The number of hydrogen-bond donors (Lipinski definition) is 4. The zero-order valence-corrected chi connectivity index (χ0v) is 17.0. The molecule has 1 fully saturated rings. The van der Waals surface area contributed by atoms with Gasteiger partial charge in [-0.15, -0.1) is 0 Å². The van der Waals surface area contributed by atoms with Crippen molar-refractivity contribution in [3.05, 3.63) is 22.5 Å². The topological polar surface area (TPSA) is 270 Å². The second kappa shape index (κ2) is 8.92. The van der Waals surface area contributed by atoms with Crippen LogP contribution in [-0.2, 0) is 22.7 Å². The number of ether oxygens (including phenoxy) is 1. The summed E-state index contributed by atoms with van der Waals surface area (Å²) in [6.07, 6.45) is -7.02. The first-order valence-corrected chi connectivity index (χ1v) is 12.5. The summed E-state index contributed by atoms with van der Waals surface area (Å²) >= 11 is 0. The third-order valence-corrected chi connectivity index (χ3v) is 8.61. The third kappa shape index (κ3) is 6.55. The van der Waals surface area contributed by atoms with E-state index in [0.717, 1.165) is 0 Å². The lowest BCUT2D eigenvalue weighted by Crippen LogP contribution is -2.36. The summed E-state index contributed by atoms with van der Waals surface area (Å²) in [6.45, 7) is -1.13. The molecule has 0 aromatic carbocycles. The molecule has 1 aliphatic heterocycles. The molecule has 0 aliphatic carbocycles. The van der Waals surface area contributed by atoms with Crippen LogP contribution in [0, 0.1) is 5.82 Å². The van der Waals surface area contributed by atoms with Crippen LogP contribution in [0.15, 0.2) is 11.0 Å². The van der Waals surface area contributed by atoms with E-state index in [-0.39, 0.29) is 0 Å². The monoisotopic (exact) mass is 497 g/mol. The summed E-state index contributed by atoms with van der Waals surface area (Å²) < 4.78 is 49.8. The number of halogens is 1. The van der Waals surface area contributed by atoms with Gasteiger partial charge in [0.1, 0.15) is 24.2 Å². The van der Waals surface area contributed by atoms with Crippen LogP contribution < -0.4 is 25.5 Å². The van der Waals surface area contributed by atoms with Gasteiger partial charge in [0.05, 0.1) is 6.61 Å². The predicted molar refractivity (Wildman–Crippen MR) is 82.3 cm³/mol. The highest BCUT2D eigenvalue weighted by molar-refractivity contribution is 7.74. The zero-order valence-electron chi connectivity index (χ0n) is 14.3. The Morgan fingerprint density at radius 3 is 2.43 bits per heavy atom. The van der Waals surface area contributed by atoms with E-state index in [9.17, 15) is 53.2 Å². The second-order valence-electron chi connectivity index (χ2n) is 5.87. The maximum absolute atomic E-state index is 13.4. The van der Waals surface area contributed by atoms with Gasteiger partial charge in [-0.2, -0.15) is 7.94 Å². The highest BCUT2D eigenvalue weighted by Gasteiger charge is 2.46. The Kier molecular flexibility index (Phi) is 7.54. The van der Waals surface area contributed by atoms with E-state index in [1.165, 1.54) is 0 Å². The normalized spacial score (nSPS) is 28.8. The number of phosphoric acid groups is 1. The van der Waals surface area contributed by atoms with Gasteiger partial charge >= 0.3 is 21.1 Å². The largest absolute Gasteiger partial charge is 0.856 e. The van der Waals surface area contributed by atoms with Crippen LogP contribution in [0.4, 0.5) is 4.39 Å². The fourth-order valence-electron chi connectivity index (χ4n) is 2.31. The van der Waals surface area contributed by atoms with Crippen molar-refractivity contribution in [2.24, 2.45) is 0 Å². The number of phosphoric ester groups is 1. The lowest BCUT2D eigenvalue weighted by atomic mass is 10.1. The highest BCUT2D eigenvalue weighted by atomic mass is 31.3. The van der Waals surface area contributed by atoms with Crippen LogP contribution in [0.2, 0.25) is 0 Å². The van der Waals surface area contributed by atoms with E-state index in [1.54, 1.807) is 0 Å². The molecule has 20 heteroatoms. The third-order valence-electron chi connectivity index (χ3n) is 3.47. The van der Waals surface area contributed by atoms with Crippen LogP contribution in [0.1, 0.15) is 6.23 Å². The van der Waals surface area contributed by atoms with Crippen molar-refractivity contribution in [1.82, 2.24) is 9.55 Å². The minimum atomic E-state index is -5.60. The Morgan fingerprint density at radius 1 is 1.27 bits per heavy atom. The number of rotatable bonds is 8. The van der Waals surface area contributed by atoms with E-state index in [2.05, 4.69) is 13.8 Å². The molecule has 1 aromatic rings. The average Bonchev–Trinajstić information content (AvgIpc) is 2.81. The van der Waals surface area contributed by atoms with Gasteiger partial charge in [0, 0.05) is 12.1 Å². The van der Waals surface area contributed by atoms with Crippen LogP contribution in [0.25, 0.3) is 0 Å². The molecule has 2 heterocycles. The fraction of sp³-hybridized carbons (Fsp3) is 0.600. The van der Waals surface area contributed by atoms with Gasteiger partial charge in [-0.05, 0) is 0 Å². The molecule has 0 saturated carbocycles. The van der Waals surface area contributed by atoms with E-state index < -0.39 is 77.8 Å². The van der Waals surface area contributed by atoms with Gasteiger partial charge in [0.15, 0.2) is 12.0 Å². The summed E-state index contributed by atoms with van der Waals surface area (Å²) in [4.78, 5) is 64.5. The number of aliphatic hydroxyl groups is 2. The number of aliphatic hydroxyl groups excluding tert-OH is 2. The maximum Gasteiger partial charge on any atom is 0.479 e. The maximum atomic E-state index is 13.4. The Bertz CT molecular complexity index is 936. The molecule has 0 amide bonds. The van der Waals surface area contributed by atoms with Crippen LogP contribution in [0.3, 0.4) is 0 Å². The molecule has 172 valence electrons. The van der Waals surface area contributed by atoms with E-state index in [0.29, 0.717) is 10.8 Å². The van der Waals surface area contributed by atoms with Gasteiger partial charge in [-0.3, -0.25) is 13.7 Å². The Hall–Kier alpha value is -0.900. The lowest BCUT2D eigenvalue weighted by Gasteiger charge is -2.42. The van der Waals surface area contributed by atoms with E-state index in [4.69, 9.17) is 9.63 Å². The van der Waals surface area contributed by atoms with Gasteiger partial charge in [0.2, 0.25) is 0 Å². The standard InChI is InChI=1S/C10H16FN2O14P3/c11-4-1-13(10(17)12-8(4)16)9-7(15)6(14)5(26-9)2-25-30(23,24)27-29(21,22)3-28(18,19)20/h1,5-7,9,14-15H,2-3H2,(H,21,22)(H,23,24)(H,12,16,17)(H2,18,19,20)/p-3/t5-,6-,7-,9-/m1/s1. The summed E-state index contributed by atoms with van der Waals surface area (Å²) in [5, 5.41) is 30.8. The molecule has 2 rings (SSSR count). The number of aromatic nitrogens is 2. The second-order valence-corrected chi connectivity index (χ2v) is 11.3. The first-order chi connectivity index (χ1) is 13.5. The van der Waals surface area contributed by atoms with Crippen molar-refractivity contribution in [2.45, 2.75) is 24.5 Å². The van der Waals surface area contributed by atoms with Crippen molar-refractivity contribution < 1.29 is 66.9 Å². The molecule has 1 aliphatic rings. The Morgan fingerprint density at radius 2 is 1.87 bits per heavy atom. The molecule has 4 N–H and O–H groups in total. The smallest absolute Gasteiger partial charge is 0.479 e. The van der Waals surface area contributed by atoms with Crippen LogP contribution in [0.5, 0.6) is 5.88 Å². The molecule has 0 radical (unpaired) electrons. The molecular formula is C10H13FN2O14P3-3. The minimum Gasteiger partial charge on any atom is -0.856 e. The summed E-state index contributed by atoms with van der Waals surface area (Å²) in [5.74, 6) is -4.98. The highest BCUT2D eigenvalue weighted by Crippen LogP contribution is 2.64. The number of nitrogens with zero attached hydrogens (tertiary/aromatic N) is 2. The van der Waals surface area contributed by atoms with E-state index in [1.807, 2.05) is 0 Å². The Balaban J connectivity index is 2.08. The molecule has 1 aromatic heterocycles. The quantitative estimate of drug-likeness (QED) is 0.245. The fourth-order valence-corrected chi connectivity index (χ4v) is 6.54. The lowest BCUT2D eigenvalue weighted by molar-refractivity contribution is -0.426. The first kappa shape index (κ1) is 25.4. The molecule has 30 heavy (non-hydrogen) atoms. The van der Waals surface area contributed by atoms with Crippen LogP contribution in [-0.4, -0.2) is 60.4 Å². The summed E-state index contributed by atoms with van der Waals surface area (Å²) in [5.41, 5.74) is -1.35. The van der Waals surface area contributed by atoms with Crippen molar-refractivity contribution in [3.63, 3.8) is 0 Å². The van der Waals surface area contributed by atoms with Gasteiger partial charge in [0.25, 0.3) is 0 Å². The van der Waals surface area contributed by atoms with Crippen LogP contribution >= 0.6 is 23.4 Å². The molecule has 2 unspecified atom stereocenters. The van der Waals surface area contributed by atoms with Crippen molar-refractivity contribution in [1.29, 1.82) is 0 Å². The van der Waals surface area contributed by atoms with Gasteiger partial charge < -0.3 is 44.5 Å². The molecule has 16 nitrogen and oxygen atoms in total. The van der Waals surface area contributed by atoms with Crippen molar-refractivity contribution in [3.8, 4) is 5.88 Å². The molecule has 0 bridgehead atoms. The zero-order chi connectivity index (χ0) is 23.1. The Labute approximate surface area is 166 Å². The van der Waals surface area contributed by atoms with Gasteiger partial charge in [-0.1, -0.05) is 0 Å². The SMILES string of the molecule is O=c1nc([O-])c(F)cn1[C@@H]1O[C@H](COP(=O)(O)OP(=O)(O)C[P+]([O-])([O-])[O-])[C@@H](O)[C@H]1O. The summed E-state index contributed by atoms with van der Waals surface area (Å²) in [6, 6.07) is 0. The molecular weight excluding hydrogens is 484 g/mol. The molecule has 1 saturated heterocycles. The van der Waals surface area contributed by atoms with Gasteiger partial charge in [-0.25, -0.2) is 23.0 Å². The first-order valence-electron chi connectivity index (χ1n) is 7.50. The van der Waals surface area contributed by atoms with Crippen molar-refractivity contribution >= 4 is 23.4 Å². The number of hydrogen-bond acceptors (Lipinski definition) is 13. The average molecular weight is 497 g/mol. The molecule has 6 atom stereocenters. The minimum absolute atomic E-state index is 0.321. The predicted octanol–water partition coefficient (Wildman–Crippen LogP) is -4.80. The van der Waals surface area contributed by atoms with Crippen molar-refractivity contribution in [2.75, 3.05) is 12.5 Å².